The lowest BCUT2D eigenvalue weighted by molar-refractivity contribution is -0.255. The number of aromatic carboxylic acids is 1. The zero-order chi connectivity index (χ0) is 21.9. The Balaban J connectivity index is 2.03. The SMILES string of the molecule is CCNC(=O)C(=O)N/N=C\c1ccc(OCc2ccc(C(=O)[O-])cc2)c(OCC)c1. The predicted molar refractivity (Wildman–Crippen MR) is 107 cm³/mol. The van der Waals surface area contributed by atoms with Crippen molar-refractivity contribution in [3.8, 4) is 11.5 Å². The van der Waals surface area contributed by atoms with E-state index in [0.717, 1.165) is 5.56 Å². The van der Waals surface area contributed by atoms with Crippen LogP contribution in [0.3, 0.4) is 0 Å². The fourth-order valence-electron chi connectivity index (χ4n) is 2.35. The number of rotatable bonds is 9. The minimum atomic E-state index is -1.24. The van der Waals surface area contributed by atoms with Crippen molar-refractivity contribution in [2.24, 2.45) is 5.10 Å². The first kappa shape index (κ1) is 22.4. The topological polar surface area (TPSA) is 129 Å². The molecule has 0 fully saturated rings. The molecule has 2 aromatic carbocycles. The highest BCUT2D eigenvalue weighted by molar-refractivity contribution is 6.35. The largest absolute Gasteiger partial charge is 0.545 e. The fraction of sp³-hybridized carbons (Fsp3) is 0.238. The molecule has 158 valence electrons. The van der Waals surface area contributed by atoms with Gasteiger partial charge in [-0.15, -0.1) is 0 Å². The number of hydrogen-bond acceptors (Lipinski definition) is 7. The van der Waals surface area contributed by atoms with Gasteiger partial charge in [-0.1, -0.05) is 24.3 Å². The molecule has 2 N–H and O–H groups in total. The molecule has 0 aromatic heterocycles. The molecule has 0 saturated carbocycles. The van der Waals surface area contributed by atoms with Gasteiger partial charge in [-0.3, -0.25) is 9.59 Å². The Morgan fingerprint density at radius 1 is 1.00 bits per heavy atom. The van der Waals surface area contributed by atoms with Crippen molar-refractivity contribution in [3.63, 3.8) is 0 Å². The van der Waals surface area contributed by atoms with Crippen LogP contribution in [0.2, 0.25) is 0 Å². The van der Waals surface area contributed by atoms with E-state index in [0.29, 0.717) is 30.2 Å². The third-order valence-corrected chi connectivity index (χ3v) is 3.77. The summed E-state index contributed by atoms with van der Waals surface area (Å²) in [5.74, 6) is -1.89. The zero-order valence-corrected chi connectivity index (χ0v) is 16.6. The van der Waals surface area contributed by atoms with E-state index in [1.54, 1.807) is 37.3 Å². The van der Waals surface area contributed by atoms with Crippen LogP contribution in [0.15, 0.2) is 47.6 Å². The molecule has 0 spiro atoms. The molecule has 0 aliphatic rings. The van der Waals surface area contributed by atoms with E-state index in [4.69, 9.17) is 9.47 Å². The van der Waals surface area contributed by atoms with Gasteiger partial charge in [0, 0.05) is 6.54 Å². The second kappa shape index (κ2) is 11.2. The number of hydrazone groups is 1. The highest BCUT2D eigenvalue weighted by Gasteiger charge is 2.10. The molecule has 0 unspecified atom stereocenters. The van der Waals surface area contributed by atoms with Gasteiger partial charge in [0.05, 0.1) is 18.8 Å². The number of carboxylic acids is 1. The lowest BCUT2D eigenvalue weighted by atomic mass is 10.1. The number of carbonyl (C=O) groups excluding carboxylic acids is 3. The molecule has 9 heteroatoms. The van der Waals surface area contributed by atoms with Crippen LogP contribution < -0.4 is 25.3 Å². The Kier molecular flexibility index (Phi) is 8.37. The highest BCUT2D eigenvalue weighted by Crippen LogP contribution is 2.29. The number of carboxylic acid groups (broad SMARTS) is 1. The third-order valence-electron chi connectivity index (χ3n) is 3.77. The molecule has 0 saturated heterocycles. The quantitative estimate of drug-likeness (QED) is 0.353. The van der Waals surface area contributed by atoms with Crippen LogP contribution in [-0.4, -0.2) is 37.1 Å². The summed E-state index contributed by atoms with van der Waals surface area (Å²) in [5, 5.41) is 16.9. The van der Waals surface area contributed by atoms with E-state index in [1.165, 1.54) is 18.3 Å². The number of benzene rings is 2. The van der Waals surface area contributed by atoms with Gasteiger partial charge in [-0.05, 0) is 48.7 Å². The number of nitrogens with one attached hydrogen (secondary N) is 2. The van der Waals surface area contributed by atoms with Gasteiger partial charge in [0.15, 0.2) is 11.5 Å². The maximum absolute atomic E-state index is 11.5. The van der Waals surface area contributed by atoms with Gasteiger partial charge >= 0.3 is 11.8 Å². The molecular weight excluding hydrogens is 390 g/mol. The minimum absolute atomic E-state index is 0.0941. The second-order valence-electron chi connectivity index (χ2n) is 5.97. The van der Waals surface area contributed by atoms with E-state index < -0.39 is 17.8 Å². The third kappa shape index (κ3) is 6.62. The van der Waals surface area contributed by atoms with Crippen LogP contribution in [0, 0.1) is 0 Å². The van der Waals surface area contributed by atoms with E-state index in [-0.39, 0.29) is 12.2 Å². The first-order valence-corrected chi connectivity index (χ1v) is 9.25. The Labute approximate surface area is 173 Å². The highest BCUT2D eigenvalue weighted by atomic mass is 16.5. The van der Waals surface area contributed by atoms with Crippen molar-refractivity contribution in [3.05, 3.63) is 59.2 Å². The average molecular weight is 412 g/mol. The average Bonchev–Trinajstić information content (AvgIpc) is 2.73. The molecule has 9 nitrogen and oxygen atoms in total. The maximum atomic E-state index is 11.5. The van der Waals surface area contributed by atoms with E-state index in [1.807, 2.05) is 6.92 Å². The number of ether oxygens (including phenoxy) is 2. The summed E-state index contributed by atoms with van der Waals surface area (Å²) in [6.07, 6.45) is 1.38. The molecule has 0 atom stereocenters. The zero-order valence-electron chi connectivity index (χ0n) is 16.6. The molecule has 0 bridgehead atoms. The molecule has 0 radical (unpaired) electrons. The summed E-state index contributed by atoms with van der Waals surface area (Å²) in [7, 11) is 0. The van der Waals surface area contributed by atoms with Crippen LogP contribution in [-0.2, 0) is 16.2 Å². The molecule has 0 aliphatic heterocycles. The molecule has 2 rings (SSSR count). The summed E-state index contributed by atoms with van der Waals surface area (Å²) in [6, 6.07) is 11.3. The predicted octanol–water partition coefficient (Wildman–Crippen LogP) is 0.614. The van der Waals surface area contributed by atoms with Gasteiger partial charge in [0.25, 0.3) is 0 Å². The molecule has 30 heavy (non-hydrogen) atoms. The van der Waals surface area contributed by atoms with Crippen molar-refractivity contribution < 1.29 is 29.0 Å². The van der Waals surface area contributed by atoms with E-state index in [2.05, 4.69) is 15.8 Å². The van der Waals surface area contributed by atoms with Crippen LogP contribution in [0.25, 0.3) is 0 Å². The first-order chi connectivity index (χ1) is 14.4. The molecule has 0 aliphatic carbocycles. The number of likely N-dealkylation sites (N-methyl/N-ethyl adjacent to an activating group) is 1. The van der Waals surface area contributed by atoms with Gasteiger partial charge < -0.3 is 24.7 Å². The summed E-state index contributed by atoms with van der Waals surface area (Å²) in [5.41, 5.74) is 3.64. The van der Waals surface area contributed by atoms with E-state index in [9.17, 15) is 19.5 Å². The standard InChI is InChI=1S/C21H23N3O6/c1-3-22-19(25)20(26)24-23-12-15-7-10-17(18(11-15)29-4-2)30-13-14-5-8-16(9-6-14)21(27)28/h5-12H,3-4,13H2,1-2H3,(H,22,25)(H,24,26)(H,27,28)/p-1/b23-12-. The second-order valence-corrected chi connectivity index (χ2v) is 5.97. The van der Waals surface area contributed by atoms with Gasteiger partial charge in [0.1, 0.15) is 6.61 Å². The van der Waals surface area contributed by atoms with E-state index >= 15 is 0 Å². The summed E-state index contributed by atoms with van der Waals surface area (Å²) < 4.78 is 11.4. The molecule has 2 amide bonds. The molecule has 2 aromatic rings. The van der Waals surface area contributed by atoms with Crippen molar-refractivity contribution in [1.82, 2.24) is 10.7 Å². The summed E-state index contributed by atoms with van der Waals surface area (Å²) in [4.78, 5) is 33.7. The number of carbonyl (C=O) groups is 3. The van der Waals surface area contributed by atoms with Crippen molar-refractivity contribution in [1.29, 1.82) is 0 Å². The van der Waals surface area contributed by atoms with Gasteiger partial charge in [-0.25, -0.2) is 5.43 Å². The lowest BCUT2D eigenvalue weighted by Crippen LogP contribution is -2.37. The Hall–Kier alpha value is -3.88. The normalized spacial score (nSPS) is 10.5. The minimum Gasteiger partial charge on any atom is -0.545 e. The van der Waals surface area contributed by atoms with Crippen molar-refractivity contribution in [2.45, 2.75) is 20.5 Å². The van der Waals surface area contributed by atoms with Crippen LogP contribution in [0.1, 0.15) is 35.3 Å². The number of amides is 2. The van der Waals surface area contributed by atoms with Crippen LogP contribution >= 0.6 is 0 Å². The van der Waals surface area contributed by atoms with Crippen LogP contribution in [0.4, 0.5) is 0 Å². The molecule has 0 heterocycles. The summed E-state index contributed by atoms with van der Waals surface area (Å²) >= 11 is 0. The smallest absolute Gasteiger partial charge is 0.329 e. The Morgan fingerprint density at radius 3 is 2.37 bits per heavy atom. The summed E-state index contributed by atoms with van der Waals surface area (Å²) in [6.45, 7) is 4.50. The van der Waals surface area contributed by atoms with Crippen molar-refractivity contribution in [2.75, 3.05) is 13.2 Å². The maximum Gasteiger partial charge on any atom is 0.329 e. The van der Waals surface area contributed by atoms with Crippen LogP contribution in [0.5, 0.6) is 11.5 Å². The first-order valence-electron chi connectivity index (χ1n) is 9.25. The Bertz CT molecular complexity index is 925. The number of hydrogen-bond donors (Lipinski definition) is 2. The van der Waals surface area contributed by atoms with Gasteiger partial charge in [-0.2, -0.15) is 5.10 Å². The monoisotopic (exact) mass is 412 g/mol. The molecular formula is C21H22N3O6-. The Morgan fingerprint density at radius 2 is 1.73 bits per heavy atom. The van der Waals surface area contributed by atoms with Gasteiger partial charge in [0.2, 0.25) is 0 Å². The van der Waals surface area contributed by atoms with Crippen molar-refractivity contribution >= 4 is 24.0 Å². The lowest BCUT2D eigenvalue weighted by Gasteiger charge is -2.13. The fourth-order valence-corrected chi connectivity index (χ4v) is 2.35. The number of nitrogens with zero attached hydrogens (tertiary/aromatic N) is 1.